The molecular formula is C20H28N4O4. The number of carbonyl (C=O) groups excluding carboxylic acids is 2. The molecule has 1 atom stereocenters. The molecule has 1 unspecified atom stereocenters. The molecule has 28 heavy (non-hydrogen) atoms. The topological polar surface area (TPSA) is 83.1 Å². The summed E-state index contributed by atoms with van der Waals surface area (Å²) in [5.41, 5.74) is 1.78. The van der Waals surface area contributed by atoms with Gasteiger partial charge in [0.2, 0.25) is 0 Å². The number of amides is 2. The number of rotatable bonds is 5. The van der Waals surface area contributed by atoms with E-state index in [9.17, 15) is 9.59 Å². The zero-order chi connectivity index (χ0) is 20.1. The Kier molecular flexibility index (Phi) is 6.53. The summed E-state index contributed by atoms with van der Waals surface area (Å²) in [4.78, 5) is 29.6. The van der Waals surface area contributed by atoms with Crippen LogP contribution < -0.4 is 15.4 Å². The summed E-state index contributed by atoms with van der Waals surface area (Å²) in [6.45, 7) is 4.27. The van der Waals surface area contributed by atoms with Crippen LogP contribution in [0.4, 0.5) is 4.79 Å². The van der Waals surface area contributed by atoms with Crippen molar-refractivity contribution in [2.75, 3.05) is 54.0 Å². The summed E-state index contributed by atoms with van der Waals surface area (Å²) in [6.07, 6.45) is 1.04. The second-order valence-electron chi connectivity index (χ2n) is 7.12. The highest BCUT2D eigenvalue weighted by Crippen LogP contribution is 2.30. The SMILES string of the molecule is COC(=O)C1=C(CN2CCCN(C)CC2)NC(=O)NC1c1cccc(OC)c1. The number of carbonyl (C=O) groups is 2. The molecular weight excluding hydrogens is 360 g/mol. The fourth-order valence-corrected chi connectivity index (χ4v) is 3.65. The molecule has 2 aliphatic heterocycles. The van der Waals surface area contributed by atoms with Gasteiger partial charge in [-0.05, 0) is 44.3 Å². The predicted octanol–water partition coefficient (Wildman–Crippen LogP) is 1.11. The third kappa shape index (κ3) is 4.63. The largest absolute Gasteiger partial charge is 0.497 e. The van der Waals surface area contributed by atoms with Crippen LogP contribution in [0.25, 0.3) is 0 Å². The Bertz CT molecular complexity index is 764. The van der Waals surface area contributed by atoms with E-state index in [1.54, 1.807) is 7.11 Å². The molecule has 1 aromatic rings. The predicted molar refractivity (Wildman–Crippen MR) is 105 cm³/mol. The highest BCUT2D eigenvalue weighted by Gasteiger charge is 2.34. The van der Waals surface area contributed by atoms with Crippen LogP contribution in [0.5, 0.6) is 5.75 Å². The zero-order valence-electron chi connectivity index (χ0n) is 16.7. The van der Waals surface area contributed by atoms with Crippen molar-refractivity contribution in [2.45, 2.75) is 12.5 Å². The number of methoxy groups -OCH3 is 2. The van der Waals surface area contributed by atoms with Crippen LogP contribution >= 0.6 is 0 Å². The third-order valence-corrected chi connectivity index (χ3v) is 5.18. The molecule has 0 bridgehead atoms. The summed E-state index contributed by atoms with van der Waals surface area (Å²) >= 11 is 0. The highest BCUT2D eigenvalue weighted by atomic mass is 16.5. The Hall–Kier alpha value is -2.58. The number of likely N-dealkylation sites (N-methyl/N-ethyl adjacent to an activating group) is 1. The van der Waals surface area contributed by atoms with Crippen molar-refractivity contribution in [3.05, 3.63) is 41.1 Å². The van der Waals surface area contributed by atoms with Crippen LogP contribution in [0.2, 0.25) is 0 Å². The molecule has 2 aliphatic rings. The lowest BCUT2D eigenvalue weighted by atomic mass is 9.94. The maximum atomic E-state index is 12.7. The van der Waals surface area contributed by atoms with Gasteiger partial charge in [-0.3, -0.25) is 4.90 Å². The lowest BCUT2D eigenvalue weighted by Gasteiger charge is -2.31. The molecule has 0 spiro atoms. The molecule has 0 aliphatic carbocycles. The molecule has 1 aromatic carbocycles. The molecule has 2 amide bonds. The van der Waals surface area contributed by atoms with Crippen molar-refractivity contribution in [3.8, 4) is 5.75 Å². The minimum absolute atomic E-state index is 0.331. The smallest absolute Gasteiger partial charge is 0.338 e. The van der Waals surface area contributed by atoms with Gasteiger partial charge in [0.25, 0.3) is 0 Å². The average molecular weight is 388 g/mol. The van der Waals surface area contributed by atoms with E-state index >= 15 is 0 Å². The second kappa shape index (κ2) is 9.07. The number of ether oxygens (including phenoxy) is 2. The molecule has 3 rings (SSSR count). The van der Waals surface area contributed by atoms with Crippen molar-refractivity contribution in [2.24, 2.45) is 0 Å². The second-order valence-corrected chi connectivity index (χ2v) is 7.12. The van der Waals surface area contributed by atoms with Crippen molar-refractivity contribution in [3.63, 3.8) is 0 Å². The summed E-state index contributed by atoms with van der Waals surface area (Å²) in [7, 11) is 5.04. The highest BCUT2D eigenvalue weighted by molar-refractivity contribution is 5.95. The van der Waals surface area contributed by atoms with E-state index in [-0.39, 0.29) is 6.03 Å². The van der Waals surface area contributed by atoms with Gasteiger partial charge >= 0.3 is 12.0 Å². The molecule has 8 nitrogen and oxygen atoms in total. The molecule has 2 heterocycles. The van der Waals surface area contributed by atoms with Crippen LogP contribution in [0.3, 0.4) is 0 Å². The fourth-order valence-electron chi connectivity index (χ4n) is 3.65. The standard InChI is InChI=1S/C20H28N4O4/c1-23-8-5-9-24(11-10-23)13-16-17(19(25)28-3)18(22-20(26)21-16)14-6-4-7-15(12-14)27-2/h4,6-7,12,18H,5,8-11,13H2,1-3H3,(H2,21,22,26). The van der Waals surface area contributed by atoms with E-state index in [4.69, 9.17) is 9.47 Å². The molecule has 152 valence electrons. The Morgan fingerprint density at radius 3 is 2.79 bits per heavy atom. The van der Waals surface area contributed by atoms with Crippen molar-refractivity contribution < 1.29 is 19.1 Å². The summed E-state index contributed by atoms with van der Waals surface area (Å²) < 4.78 is 10.3. The van der Waals surface area contributed by atoms with Crippen LogP contribution in [0.15, 0.2) is 35.5 Å². The Morgan fingerprint density at radius 1 is 1.21 bits per heavy atom. The van der Waals surface area contributed by atoms with Gasteiger partial charge in [0.1, 0.15) is 5.75 Å². The van der Waals surface area contributed by atoms with Crippen LogP contribution in [-0.2, 0) is 9.53 Å². The van der Waals surface area contributed by atoms with Crippen LogP contribution in [0.1, 0.15) is 18.0 Å². The van der Waals surface area contributed by atoms with E-state index in [0.717, 1.165) is 38.2 Å². The molecule has 0 radical (unpaired) electrons. The van der Waals surface area contributed by atoms with E-state index in [0.29, 0.717) is 23.6 Å². The molecule has 0 aromatic heterocycles. The third-order valence-electron chi connectivity index (χ3n) is 5.18. The number of nitrogens with zero attached hydrogens (tertiary/aromatic N) is 2. The maximum Gasteiger partial charge on any atom is 0.338 e. The fraction of sp³-hybridized carbons (Fsp3) is 0.500. The molecule has 2 N–H and O–H groups in total. The molecule has 8 heteroatoms. The first-order valence-corrected chi connectivity index (χ1v) is 9.45. The van der Waals surface area contributed by atoms with Gasteiger partial charge < -0.3 is 25.0 Å². The number of urea groups is 1. The lowest BCUT2D eigenvalue weighted by Crippen LogP contribution is -2.48. The van der Waals surface area contributed by atoms with Gasteiger partial charge in [0.05, 0.1) is 25.8 Å². The number of hydrogen-bond donors (Lipinski definition) is 2. The molecule has 1 fully saturated rings. The van der Waals surface area contributed by atoms with Gasteiger partial charge in [-0.15, -0.1) is 0 Å². The van der Waals surface area contributed by atoms with Crippen LogP contribution in [0, 0.1) is 0 Å². The van der Waals surface area contributed by atoms with Gasteiger partial charge in [0.15, 0.2) is 0 Å². The van der Waals surface area contributed by atoms with Crippen molar-refractivity contribution in [1.82, 2.24) is 20.4 Å². The summed E-state index contributed by atoms with van der Waals surface area (Å²) in [5, 5.41) is 5.68. The van der Waals surface area contributed by atoms with E-state index < -0.39 is 12.0 Å². The molecule has 1 saturated heterocycles. The van der Waals surface area contributed by atoms with Gasteiger partial charge in [0, 0.05) is 25.3 Å². The van der Waals surface area contributed by atoms with Crippen molar-refractivity contribution in [1.29, 1.82) is 0 Å². The Morgan fingerprint density at radius 2 is 2.04 bits per heavy atom. The zero-order valence-corrected chi connectivity index (χ0v) is 16.7. The van der Waals surface area contributed by atoms with Crippen LogP contribution in [-0.4, -0.2) is 75.8 Å². The Balaban J connectivity index is 1.95. The van der Waals surface area contributed by atoms with Gasteiger partial charge in [-0.2, -0.15) is 0 Å². The van der Waals surface area contributed by atoms with E-state index in [1.165, 1.54) is 7.11 Å². The lowest BCUT2D eigenvalue weighted by molar-refractivity contribution is -0.136. The number of nitrogens with one attached hydrogen (secondary N) is 2. The normalized spacial score (nSPS) is 21.5. The van der Waals surface area contributed by atoms with Crippen molar-refractivity contribution >= 4 is 12.0 Å². The molecule has 0 saturated carbocycles. The first kappa shape index (κ1) is 20.2. The Labute approximate surface area is 165 Å². The van der Waals surface area contributed by atoms with E-state index in [1.807, 2.05) is 24.3 Å². The first-order valence-electron chi connectivity index (χ1n) is 9.45. The monoisotopic (exact) mass is 388 g/mol. The first-order chi connectivity index (χ1) is 13.5. The minimum atomic E-state index is -0.596. The van der Waals surface area contributed by atoms with Gasteiger partial charge in [-0.1, -0.05) is 12.1 Å². The quantitative estimate of drug-likeness (QED) is 0.736. The minimum Gasteiger partial charge on any atom is -0.497 e. The van der Waals surface area contributed by atoms with Gasteiger partial charge in [-0.25, -0.2) is 9.59 Å². The number of benzene rings is 1. The maximum absolute atomic E-state index is 12.7. The summed E-state index contributed by atoms with van der Waals surface area (Å²) in [6, 6.07) is 6.41. The summed E-state index contributed by atoms with van der Waals surface area (Å²) in [5.74, 6) is 0.203. The average Bonchev–Trinajstić information content (AvgIpc) is 2.91. The van der Waals surface area contributed by atoms with E-state index in [2.05, 4.69) is 27.5 Å². The number of hydrogen-bond acceptors (Lipinski definition) is 6. The number of esters is 1.